The van der Waals surface area contributed by atoms with Crippen molar-refractivity contribution in [2.75, 3.05) is 13.1 Å². The molecule has 5 rings (SSSR count). The molecule has 4 aromatic rings. The van der Waals surface area contributed by atoms with Gasteiger partial charge >= 0.3 is 6.03 Å². The molecular weight excluding hydrogens is 559 g/mol. The zero-order valence-electron chi connectivity index (χ0n) is 20.0. The van der Waals surface area contributed by atoms with E-state index in [1.807, 2.05) is 12.1 Å². The van der Waals surface area contributed by atoms with Gasteiger partial charge in [-0.3, -0.25) is 9.47 Å². The van der Waals surface area contributed by atoms with Gasteiger partial charge in [0, 0.05) is 49.9 Å². The summed E-state index contributed by atoms with van der Waals surface area (Å²) in [6, 6.07) is 12.7. The zero-order valence-corrected chi connectivity index (χ0v) is 21.6. The van der Waals surface area contributed by atoms with Crippen molar-refractivity contribution in [3.05, 3.63) is 105 Å². The highest BCUT2D eigenvalue weighted by Gasteiger charge is 2.26. The summed E-state index contributed by atoms with van der Waals surface area (Å²) in [5.74, 6) is -3.96. The SMILES string of the molecule is N#Cc1ccc2c(c1)c1c(n2C(=O)NCc2ccnc(Br)c2)CCN(CC=Cc2cc(F)c(F)c(F)c2)C1. The Hall–Kier alpha value is -3.94. The fourth-order valence-electron chi connectivity index (χ4n) is 4.69. The van der Waals surface area contributed by atoms with Gasteiger partial charge in [0.25, 0.3) is 0 Å². The van der Waals surface area contributed by atoms with Gasteiger partial charge in [-0.1, -0.05) is 12.2 Å². The van der Waals surface area contributed by atoms with Crippen molar-refractivity contribution >= 4 is 38.9 Å². The van der Waals surface area contributed by atoms with Gasteiger partial charge in [0.1, 0.15) is 4.60 Å². The second-order valence-corrected chi connectivity index (χ2v) is 9.75. The minimum absolute atomic E-state index is 0.229. The molecule has 6 nitrogen and oxygen atoms in total. The Morgan fingerprint density at radius 1 is 1.16 bits per heavy atom. The fourth-order valence-corrected chi connectivity index (χ4v) is 5.10. The number of carbonyl (C=O) groups excluding carboxylic acids is 1. The topological polar surface area (TPSA) is 74.0 Å². The van der Waals surface area contributed by atoms with E-state index in [-0.39, 0.29) is 11.6 Å². The molecule has 38 heavy (non-hydrogen) atoms. The molecule has 1 N–H and O–H groups in total. The van der Waals surface area contributed by atoms with E-state index in [4.69, 9.17) is 0 Å². The molecule has 0 bridgehead atoms. The lowest BCUT2D eigenvalue weighted by molar-refractivity contribution is 0.240. The molecule has 0 saturated carbocycles. The molecule has 0 radical (unpaired) electrons. The lowest BCUT2D eigenvalue weighted by atomic mass is 10.0. The molecule has 2 aromatic heterocycles. The quantitative estimate of drug-likeness (QED) is 0.235. The molecule has 10 heteroatoms. The Bertz CT molecular complexity index is 1600. The van der Waals surface area contributed by atoms with Crippen molar-refractivity contribution in [3.8, 4) is 6.07 Å². The molecule has 0 unspecified atom stereocenters. The number of hydrogen-bond donors (Lipinski definition) is 1. The maximum absolute atomic E-state index is 13.5. The van der Waals surface area contributed by atoms with Crippen molar-refractivity contribution < 1.29 is 18.0 Å². The zero-order chi connectivity index (χ0) is 26.8. The molecule has 2 aromatic carbocycles. The van der Waals surface area contributed by atoms with Gasteiger partial charge in [-0.25, -0.2) is 22.9 Å². The summed E-state index contributed by atoms with van der Waals surface area (Å²) in [6.07, 6.45) is 5.56. The highest BCUT2D eigenvalue weighted by molar-refractivity contribution is 9.10. The van der Waals surface area contributed by atoms with E-state index in [1.165, 1.54) is 0 Å². The van der Waals surface area contributed by atoms with E-state index < -0.39 is 17.5 Å². The standard InChI is InChI=1S/C28H21BrF3N5O/c29-26-13-19(5-7-34-26)15-35-28(38)37-24-4-3-18(14-33)10-20(24)21-16-36(9-6-25(21)37)8-1-2-17-11-22(30)27(32)23(31)12-17/h1-5,7,10-13H,6,8-9,15-16H2,(H,35,38). The monoisotopic (exact) mass is 579 g/mol. The van der Waals surface area contributed by atoms with E-state index in [0.29, 0.717) is 42.8 Å². The number of amides is 1. The lowest BCUT2D eigenvalue weighted by Crippen LogP contribution is -2.34. The molecule has 1 amide bonds. The molecule has 0 aliphatic carbocycles. The van der Waals surface area contributed by atoms with Crippen molar-refractivity contribution in [3.63, 3.8) is 0 Å². The predicted molar refractivity (Wildman–Crippen MR) is 141 cm³/mol. The van der Waals surface area contributed by atoms with Crippen LogP contribution in [0.3, 0.4) is 0 Å². The van der Waals surface area contributed by atoms with E-state index in [2.05, 4.69) is 37.2 Å². The van der Waals surface area contributed by atoms with Gasteiger partial charge in [0.05, 0.1) is 17.1 Å². The number of halogens is 4. The third-order valence-corrected chi connectivity index (χ3v) is 6.91. The fraction of sp³-hybridized carbons (Fsp3) is 0.179. The molecule has 1 aliphatic heterocycles. The molecule has 0 fully saturated rings. The Morgan fingerprint density at radius 3 is 2.68 bits per heavy atom. The lowest BCUT2D eigenvalue weighted by Gasteiger charge is -2.27. The molecule has 0 atom stereocenters. The number of nitrogens with one attached hydrogen (secondary N) is 1. The van der Waals surface area contributed by atoms with Crippen LogP contribution in [0.5, 0.6) is 0 Å². The van der Waals surface area contributed by atoms with Crippen LogP contribution in [-0.2, 0) is 19.5 Å². The summed E-state index contributed by atoms with van der Waals surface area (Å²) < 4.78 is 42.6. The Balaban J connectivity index is 1.39. The number of pyridine rings is 1. The Labute approximate surface area is 225 Å². The molecule has 0 saturated heterocycles. The van der Waals surface area contributed by atoms with E-state index >= 15 is 0 Å². The predicted octanol–water partition coefficient (Wildman–Crippen LogP) is 5.92. The van der Waals surface area contributed by atoms with E-state index in [9.17, 15) is 23.2 Å². The summed E-state index contributed by atoms with van der Waals surface area (Å²) in [4.78, 5) is 19.6. The smallest absolute Gasteiger partial charge is 0.326 e. The first kappa shape index (κ1) is 25.7. The van der Waals surface area contributed by atoms with Crippen molar-refractivity contribution in [2.24, 2.45) is 0 Å². The number of hydrogen-bond acceptors (Lipinski definition) is 4. The summed E-state index contributed by atoms with van der Waals surface area (Å²) in [5, 5.41) is 13.2. The van der Waals surface area contributed by atoms with Crippen LogP contribution in [0.4, 0.5) is 18.0 Å². The van der Waals surface area contributed by atoms with Crippen LogP contribution in [0.25, 0.3) is 17.0 Å². The van der Waals surface area contributed by atoms with Crippen LogP contribution in [0.2, 0.25) is 0 Å². The maximum Gasteiger partial charge on any atom is 0.326 e. The minimum atomic E-state index is -1.49. The average molecular weight is 580 g/mol. The summed E-state index contributed by atoms with van der Waals surface area (Å²) in [7, 11) is 0. The van der Waals surface area contributed by atoms with Gasteiger partial charge in [-0.15, -0.1) is 0 Å². The third-order valence-electron chi connectivity index (χ3n) is 6.47. The first-order chi connectivity index (χ1) is 18.3. The van der Waals surface area contributed by atoms with Crippen LogP contribution in [0, 0.1) is 28.8 Å². The second-order valence-electron chi connectivity index (χ2n) is 8.94. The van der Waals surface area contributed by atoms with Gasteiger partial charge in [-0.05, 0) is 75.1 Å². The van der Waals surface area contributed by atoms with Gasteiger partial charge in [-0.2, -0.15) is 5.26 Å². The summed E-state index contributed by atoms with van der Waals surface area (Å²) in [5.41, 5.74) is 4.18. The first-order valence-corrected chi connectivity index (χ1v) is 12.6. The molecule has 192 valence electrons. The highest BCUT2D eigenvalue weighted by Crippen LogP contribution is 2.32. The van der Waals surface area contributed by atoms with Gasteiger partial charge < -0.3 is 5.32 Å². The number of aromatic nitrogens is 2. The van der Waals surface area contributed by atoms with Crippen molar-refractivity contribution in [2.45, 2.75) is 19.5 Å². The van der Waals surface area contributed by atoms with Gasteiger partial charge in [0.2, 0.25) is 0 Å². The molecule has 1 aliphatic rings. The van der Waals surface area contributed by atoms with Crippen LogP contribution >= 0.6 is 15.9 Å². The Kier molecular flexibility index (Phi) is 7.31. The first-order valence-electron chi connectivity index (χ1n) is 11.8. The second kappa shape index (κ2) is 10.8. The van der Waals surface area contributed by atoms with Crippen LogP contribution in [0.15, 0.2) is 59.3 Å². The number of nitriles is 1. The molecule has 0 spiro atoms. The largest absolute Gasteiger partial charge is 0.333 e. The number of fused-ring (bicyclic) bond motifs is 3. The maximum atomic E-state index is 13.5. The number of carbonyl (C=O) groups is 1. The number of benzene rings is 2. The average Bonchev–Trinajstić information content (AvgIpc) is 3.23. The van der Waals surface area contributed by atoms with Crippen LogP contribution in [-0.4, -0.2) is 33.6 Å². The highest BCUT2D eigenvalue weighted by atomic mass is 79.9. The summed E-state index contributed by atoms with van der Waals surface area (Å²) in [6.45, 7) is 1.98. The molecular formula is C28H21BrF3N5O. The van der Waals surface area contributed by atoms with Crippen molar-refractivity contribution in [1.82, 2.24) is 19.8 Å². The molecule has 3 heterocycles. The number of rotatable bonds is 5. The summed E-state index contributed by atoms with van der Waals surface area (Å²) >= 11 is 3.34. The van der Waals surface area contributed by atoms with E-state index in [1.54, 1.807) is 41.1 Å². The van der Waals surface area contributed by atoms with Gasteiger partial charge in [0.15, 0.2) is 17.5 Å². The van der Waals surface area contributed by atoms with Crippen LogP contribution in [0.1, 0.15) is 27.9 Å². The minimum Gasteiger partial charge on any atom is -0.333 e. The van der Waals surface area contributed by atoms with E-state index in [0.717, 1.165) is 39.9 Å². The normalized spacial score (nSPS) is 13.6. The van der Waals surface area contributed by atoms with Crippen LogP contribution < -0.4 is 5.32 Å². The number of nitrogens with zero attached hydrogens (tertiary/aromatic N) is 4. The van der Waals surface area contributed by atoms with Crippen molar-refractivity contribution in [1.29, 1.82) is 5.26 Å². The third kappa shape index (κ3) is 5.21. The Morgan fingerprint density at radius 2 is 1.95 bits per heavy atom.